The molecule has 1 heterocycles. The zero-order valence-electron chi connectivity index (χ0n) is 14.2. The first-order chi connectivity index (χ1) is 12.9. The standard InChI is InChI=1S/C19H14ClN3O4/c1-12-15(20)6-3-7-16(12)21-11-17-19(24)27-18(22-17)9-8-13-4-2-5-14(10-13)23(25)26/h2-11,24H,1H3. The molecular weight excluding hydrogens is 370 g/mol. The normalized spacial score (nSPS) is 11.5. The van der Waals surface area contributed by atoms with Gasteiger partial charge in [0.25, 0.3) is 5.69 Å². The number of hydrogen-bond donors (Lipinski definition) is 1. The Morgan fingerprint density at radius 3 is 2.81 bits per heavy atom. The third-order valence-corrected chi connectivity index (χ3v) is 4.12. The number of nitro groups is 1. The number of nitro benzene ring substituents is 1. The molecule has 8 heteroatoms. The van der Waals surface area contributed by atoms with Gasteiger partial charge in [0.2, 0.25) is 5.89 Å². The smallest absolute Gasteiger partial charge is 0.312 e. The van der Waals surface area contributed by atoms with Crippen molar-refractivity contribution in [2.45, 2.75) is 6.92 Å². The molecule has 136 valence electrons. The van der Waals surface area contributed by atoms with Crippen molar-refractivity contribution < 1.29 is 14.4 Å². The van der Waals surface area contributed by atoms with Crippen LogP contribution < -0.4 is 0 Å². The van der Waals surface area contributed by atoms with Crippen LogP contribution in [-0.2, 0) is 0 Å². The predicted molar refractivity (Wildman–Crippen MR) is 104 cm³/mol. The Hall–Kier alpha value is -3.45. The van der Waals surface area contributed by atoms with Gasteiger partial charge in [0.05, 0.1) is 16.8 Å². The molecule has 0 saturated carbocycles. The van der Waals surface area contributed by atoms with Gasteiger partial charge in [-0.15, -0.1) is 0 Å². The molecule has 0 radical (unpaired) electrons. The average Bonchev–Trinajstić information content (AvgIpc) is 3.01. The summed E-state index contributed by atoms with van der Waals surface area (Å²) in [4.78, 5) is 18.7. The van der Waals surface area contributed by atoms with E-state index in [2.05, 4.69) is 9.98 Å². The maximum atomic E-state index is 10.8. The van der Waals surface area contributed by atoms with Crippen LogP contribution in [0, 0.1) is 17.0 Å². The highest BCUT2D eigenvalue weighted by Gasteiger charge is 2.09. The fourth-order valence-corrected chi connectivity index (χ4v) is 2.44. The number of benzene rings is 2. The van der Waals surface area contributed by atoms with Crippen LogP contribution in [0.4, 0.5) is 11.4 Å². The van der Waals surface area contributed by atoms with Gasteiger partial charge in [0.15, 0.2) is 5.69 Å². The molecule has 7 nitrogen and oxygen atoms in total. The van der Waals surface area contributed by atoms with E-state index in [4.69, 9.17) is 16.0 Å². The second kappa shape index (κ2) is 7.84. The average molecular weight is 384 g/mol. The van der Waals surface area contributed by atoms with Gasteiger partial charge >= 0.3 is 5.95 Å². The van der Waals surface area contributed by atoms with Crippen molar-refractivity contribution in [3.8, 4) is 5.95 Å². The monoisotopic (exact) mass is 383 g/mol. The highest BCUT2D eigenvalue weighted by Crippen LogP contribution is 2.26. The minimum absolute atomic E-state index is 0.0166. The van der Waals surface area contributed by atoms with Gasteiger partial charge < -0.3 is 9.52 Å². The maximum absolute atomic E-state index is 10.8. The fraction of sp³-hybridized carbons (Fsp3) is 0.0526. The largest absolute Gasteiger partial charge is 0.479 e. The van der Waals surface area contributed by atoms with E-state index >= 15 is 0 Å². The lowest BCUT2D eigenvalue weighted by molar-refractivity contribution is -0.384. The number of aromatic hydroxyl groups is 1. The molecule has 1 N–H and O–H groups in total. The van der Waals surface area contributed by atoms with Gasteiger partial charge in [-0.1, -0.05) is 29.8 Å². The molecule has 0 amide bonds. The number of halogens is 1. The van der Waals surface area contributed by atoms with Gasteiger partial charge in [-0.05, 0) is 36.3 Å². The third-order valence-electron chi connectivity index (χ3n) is 3.72. The summed E-state index contributed by atoms with van der Waals surface area (Å²) in [5, 5.41) is 21.3. The quantitative estimate of drug-likeness (QED) is 0.372. The van der Waals surface area contributed by atoms with Gasteiger partial charge in [0.1, 0.15) is 0 Å². The summed E-state index contributed by atoms with van der Waals surface area (Å²) in [5.74, 6) is -0.236. The molecule has 0 aliphatic rings. The molecule has 0 saturated heterocycles. The lowest BCUT2D eigenvalue weighted by Crippen LogP contribution is -1.87. The molecule has 3 aromatic rings. The predicted octanol–water partition coefficient (Wildman–Crippen LogP) is 5.17. The molecule has 2 aromatic carbocycles. The Balaban J connectivity index is 1.80. The molecule has 3 rings (SSSR count). The summed E-state index contributed by atoms with van der Waals surface area (Å²) in [5.41, 5.74) is 2.21. The van der Waals surface area contributed by atoms with Crippen LogP contribution in [0.2, 0.25) is 5.02 Å². The van der Waals surface area contributed by atoms with Crippen LogP contribution >= 0.6 is 11.6 Å². The van der Waals surface area contributed by atoms with Crippen molar-refractivity contribution in [1.82, 2.24) is 4.98 Å². The number of non-ortho nitro benzene ring substituents is 1. The van der Waals surface area contributed by atoms with Crippen LogP contribution in [0.3, 0.4) is 0 Å². The van der Waals surface area contributed by atoms with Crippen LogP contribution in [0.25, 0.3) is 12.2 Å². The SMILES string of the molecule is Cc1c(Cl)cccc1N=Cc1nc(C=Cc2cccc([N+](=O)[O-])c2)oc1O. The van der Waals surface area contributed by atoms with Crippen LogP contribution in [0.1, 0.15) is 22.7 Å². The van der Waals surface area contributed by atoms with E-state index in [0.29, 0.717) is 16.3 Å². The molecule has 0 bridgehead atoms. The maximum Gasteiger partial charge on any atom is 0.312 e. The second-order valence-corrected chi connectivity index (χ2v) is 5.98. The summed E-state index contributed by atoms with van der Waals surface area (Å²) < 4.78 is 5.16. The first-order valence-corrected chi connectivity index (χ1v) is 8.23. The first kappa shape index (κ1) is 18.3. The van der Waals surface area contributed by atoms with Gasteiger partial charge in [-0.3, -0.25) is 15.1 Å². The van der Waals surface area contributed by atoms with Gasteiger partial charge in [-0.2, -0.15) is 0 Å². The lowest BCUT2D eigenvalue weighted by atomic mass is 10.2. The zero-order valence-corrected chi connectivity index (χ0v) is 14.9. The Morgan fingerprint density at radius 2 is 2.04 bits per heavy atom. The number of aliphatic imine (C=N–C) groups is 1. The lowest BCUT2D eigenvalue weighted by Gasteiger charge is -2.00. The Labute approximate surface area is 159 Å². The Morgan fingerprint density at radius 1 is 1.26 bits per heavy atom. The van der Waals surface area contributed by atoms with Crippen LogP contribution in [0.15, 0.2) is 51.9 Å². The first-order valence-electron chi connectivity index (χ1n) is 7.85. The van der Waals surface area contributed by atoms with E-state index in [9.17, 15) is 15.2 Å². The second-order valence-electron chi connectivity index (χ2n) is 5.57. The van der Waals surface area contributed by atoms with E-state index in [0.717, 1.165) is 5.56 Å². The topological polar surface area (TPSA) is 102 Å². The molecule has 0 atom stereocenters. The van der Waals surface area contributed by atoms with Crippen molar-refractivity contribution in [2.24, 2.45) is 4.99 Å². The zero-order chi connectivity index (χ0) is 19.4. The highest BCUT2D eigenvalue weighted by molar-refractivity contribution is 6.31. The number of aromatic nitrogens is 1. The number of oxazole rings is 1. The minimum Gasteiger partial charge on any atom is -0.479 e. The van der Waals surface area contributed by atoms with Gasteiger partial charge in [-0.25, -0.2) is 4.98 Å². The highest BCUT2D eigenvalue weighted by atomic mass is 35.5. The van der Waals surface area contributed by atoms with Crippen LogP contribution in [0.5, 0.6) is 5.95 Å². The molecule has 0 aliphatic heterocycles. The summed E-state index contributed by atoms with van der Waals surface area (Å²) in [6.45, 7) is 1.84. The molecule has 27 heavy (non-hydrogen) atoms. The number of hydrogen-bond acceptors (Lipinski definition) is 6. The van der Waals surface area contributed by atoms with Crippen molar-refractivity contribution in [1.29, 1.82) is 0 Å². The van der Waals surface area contributed by atoms with Crippen molar-refractivity contribution in [3.63, 3.8) is 0 Å². The van der Waals surface area contributed by atoms with E-state index in [1.165, 1.54) is 24.4 Å². The summed E-state index contributed by atoms with van der Waals surface area (Å²) in [6, 6.07) is 11.4. The van der Waals surface area contributed by atoms with E-state index in [1.54, 1.807) is 36.4 Å². The summed E-state index contributed by atoms with van der Waals surface area (Å²) in [6.07, 6.45) is 4.48. The van der Waals surface area contributed by atoms with E-state index in [-0.39, 0.29) is 23.2 Å². The molecule has 0 spiro atoms. The summed E-state index contributed by atoms with van der Waals surface area (Å²) >= 11 is 6.05. The Bertz CT molecular complexity index is 1060. The fourth-order valence-electron chi connectivity index (χ4n) is 2.27. The number of rotatable bonds is 5. The van der Waals surface area contributed by atoms with Crippen molar-refractivity contribution in [2.75, 3.05) is 0 Å². The molecule has 1 aromatic heterocycles. The molecule has 0 aliphatic carbocycles. The van der Waals surface area contributed by atoms with Crippen molar-refractivity contribution in [3.05, 3.63) is 80.3 Å². The number of nitrogens with zero attached hydrogens (tertiary/aromatic N) is 3. The van der Waals surface area contributed by atoms with Crippen molar-refractivity contribution >= 4 is 41.3 Å². The van der Waals surface area contributed by atoms with Crippen LogP contribution in [-0.4, -0.2) is 21.2 Å². The Kier molecular flexibility index (Phi) is 5.33. The summed E-state index contributed by atoms with van der Waals surface area (Å²) in [7, 11) is 0. The molecular formula is C19H14ClN3O4. The van der Waals surface area contributed by atoms with E-state index in [1.807, 2.05) is 6.92 Å². The molecule has 0 unspecified atom stereocenters. The minimum atomic E-state index is -0.472. The third kappa shape index (κ3) is 4.39. The van der Waals surface area contributed by atoms with E-state index < -0.39 is 4.92 Å². The van der Waals surface area contributed by atoms with Gasteiger partial charge in [0, 0.05) is 23.2 Å². The molecule has 0 fully saturated rings.